The van der Waals surface area contributed by atoms with Crippen LogP contribution in [0, 0.1) is 13.8 Å². The number of aliphatic imine (C=N–C) groups is 1. The van der Waals surface area contributed by atoms with Crippen molar-refractivity contribution in [3.8, 4) is 0 Å². The molecule has 7 nitrogen and oxygen atoms in total. The van der Waals surface area contributed by atoms with Gasteiger partial charge < -0.3 is 5.32 Å². The van der Waals surface area contributed by atoms with Gasteiger partial charge in [-0.25, -0.2) is 15.3 Å². The van der Waals surface area contributed by atoms with Gasteiger partial charge >= 0.3 is 0 Å². The maximum absolute atomic E-state index is 12.4. The average molecular weight is 393 g/mol. The van der Waals surface area contributed by atoms with E-state index in [1.165, 1.54) is 11.1 Å². The SMILES string of the molecule is Cc1ccc(CNC(=O)CN2CCC3(CC2)N=C(c2ccccn2)NO3)cc1C. The van der Waals surface area contributed by atoms with E-state index in [2.05, 4.69) is 52.7 Å². The first-order valence-corrected chi connectivity index (χ1v) is 10.0. The molecule has 7 heteroatoms. The van der Waals surface area contributed by atoms with E-state index in [4.69, 9.17) is 9.83 Å². The second kappa shape index (κ2) is 8.31. The lowest BCUT2D eigenvalue weighted by atomic mass is 10.0. The summed E-state index contributed by atoms with van der Waals surface area (Å²) in [4.78, 5) is 29.4. The highest BCUT2D eigenvalue weighted by atomic mass is 16.7. The molecule has 0 aliphatic carbocycles. The molecule has 0 unspecified atom stereocenters. The van der Waals surface area contributed by atoms with Gasteiger partial charge in [-0.2, -0.15) is 0 Å². The zero-order chi connectivity index (χ0) is 20.3. The molecule has 0 bridgehead atoms. The summed E-state index contributed by atoms with van der Waals surface area (Å²) in [5, 5.41) is 3.02. The molecule has 1 aromatic heterocycles. The largest absolute Gasteiger partial charge is 0.351 e. The first kappa shape index (κ1) is 19.5. The Morgan fingerprint density at radius 3 is 2.76 bits per heavy atom. The van der Waals surface area contributed by atoms with Crippen LogP contribution in [-0.2, 0) is 16.2 Å². The van der Waals surface area contributed by atoms with Gasteiger partial charge in [0.2, 0.25) is 5.91 Å². The molecule has 0 saturated carbocycles. The third-order valence-electron chi connectivity index (χ3n) is 5.63. The number of amidine groups is 1. The fraction of sp³-hybridized carbons (Fsp3) is 0.409. The summed E-state index contributed by atoms with van der Waals surface area (Å²) in [6.07, 6.45) is 3.21. The van der Waals surface area contributed by atoms with Gasteiger partial charge in [-0.1, -0.05) is 24.3 Å². The van der Waals surface area contributed by atoms with Crippen LogP contribution in [0.3, 0.4) is 0 Å². The molecule has 1 fully saturated rings. The minimum atomic E-state index is -0.556. The molecule has 152 valence electrons. The molecule has 4 rings (SSSR count). The highest BCUT2D eigenvalue weighted by Crippen LogP contribution is 2.30. The van der Waals surface area contributed by atoms with Crippen molar-refractivity contribution in [2.75, 3.05) is 19.6 Å². The fourth-order valence-electron chi connectivity index (χ4n) is 3.65. The van der Waals surface area contributed by atoms with Crippen LogP contribution in [0.2, 0.25) is 0 Å². The zero-order valence-corrected chi connectivity index (χ0v) is 16.9. The molecular weight excluding hydrogens is 366 g/mol. The number of piperidine rings is 1. The normalized spacial score (nSPS) is 18.3. The second-order valence-electron chi connectivity index (χ2n) is 7.80. The summed E-state index contributed by atoms with van der Waals surface area (Å²) in [5.41, 5.74) is 6.78. The van der Waals surface area contributed by atoms with E-state index in [0.29, 0.717) is 18.9 Å². The number of aromatic nitrogens is 1. The van der Waals surface area contributed by atoms with Crippen LogP contribution in [0.25, 0.3) is 0 Å². The number of nitrogens with zero attached hydrogens (tertiary/aromatic N) is 3. The fourth-order valence-corrected chi connectivity index (χ4v) is 3.65. The molecule has 2 N–H and O–H groups in total. The number of hydrogen-bond donors (Lipinski definition) is 2. The number of carbonyl (C=O) groups excluding carboxylic acids is 1. The number of pyridine rings is 1. The minimum Gasteiger partial charge on any atom is -0.351 e. The maximum Gasteiger partial charge on any atom is 0.234 e. The van der Waals surface area contributed by atoms with Gasteiger partial charge in [0.05, 0.1) is 6.54 Å². The molecule has 2 aromatic rings. The molecule has 1 spiro atoms. The highest BCUT2D eigenvalue weighted by molar-refractivity contribution is 5.97. The van der Waals surface area contributed by atoms with Gasteiger partial charge in [0.1, 0.15) is 5.69 Å². The lowest BCUT2D eigenvalue weighted by molar-refractivity contribution is -0.125. The number of benzene rings is 1. The molecule has 1 saturated heterocycles. The van der Waals surface area contributed by atoms with Crippen LogP contribution in [0.4, 0.5) is 0 Å². The van der Waals surface area contributed by atoms with E-state index in [0.717, 1.165) is 37.2 Å². The van der Waals surface area contributed by atoms with Crippen LogP contribution in [-0.4, -0.2) is 47.0 Å². The maximum atomic E-state index is 12.4. The molecule has 29 heavy (non-hydrogen) atoms. The Hall–Kier alpha value is -2.77. The Bertz CT molecular complexity index is 905. The molecule has 0 radical (unpaired) electrons. The zero-order valence-electron chi connectivity index (χ0n) is 16.9. The number of amides is 1. The summed E-state index contributed by atoms with van der Waals surface area (Å²) >= 11 is 0. The van der Waals surface area contributed by atoms with Crippen molar-refractivity contribution in [1.29, 1.82) is 0 Å². The second-order valence-corrected chi connectivity index (χ2v) is 7.80. The molecule has 2 aliphatic rings. The van der Waals surface area contributed by atoms with Gasteiger partial charge in [-0.05, 0) is 42.7 Å². The number of rotatable bonds is 5. The van der Waals surface area contributed by atoms with Crippen LogP contribution in [0.1, 0.15) is 35.2 Å². The van der Waals surface area contributed by atoms with Gasteiger partial charge in [0.25, 0.3) is 0 Å². The molecular formula is C22H27N5O2. The molecule has 3 heterocycles. The van der Waals surface area contributed by atoms with Gasteiger partial charge in [0.15, 0.2) is 11.6 Å². The van der Waals surface area contributed by atoms with E-state index >= 15 is 0 Å². The van der Waals surface area contributed by atoms with Crippen molar-refractivity contribution < 1.29 is 9.63 Å². The first-order valence-electron chi connectivity index (χ1n) is 10.0. The van der Waals surface area contributed by atoms with Crippen molar-refractivity contribution in [1.82, 2.24) is 20.7 Å². The number of nitrogens with one attached hydrogen (secondary N) is 2. The number of hydroxylamine groups is 1. The minimum absolute atomic E-state index is 0.0438. The van der Waals surface area contributed by atoms with E-state index in [9.17, 15) is 4.79 Å². The standard InChI is InChI=1S/C22H27N5O2/c1-16-6-7-18(13-17(16)2)14-24-20(28)15-27-11-8-22(9-12-27)25-21(26-29-22)19-5-3-4-10-23-19/h3-7,10,13H,8-9,11-12,14-15H2,1-2H3,(H,24,28)(H,25,26). The van der Waals surface area contributed by atoms with E-state index in [1.807, 2.05) is 18.2 Å². The summed E-state index contributed by atoms with van der Waals surface area (Å²) in [6, 6.07) is 12.0. The predicted molar refractivity (Wildman–Crippen MR) is 111 cm³/mol. The van der Waals surface area contributed by atoms with Crippen LogP contribution >= 0.6 is 0 Å². The van der Waals surface area contributed by atoms with Crippen molar-refractivity contribution in [2.24, 2.45) is 4.99 Å². The summed E-state index contributed by atoms with van der Waals surface area (Å²) in [7, 11) is 0. The number of carbonyl (C=O) groups is 1. The molecule has 2 aliphatic heterocycles. The van der Waals surface area contributed by atoms with E-state index < -0.39 is 5.72 Å². The van der Waals surface area contributed by atoms with Gasteiger partial charge in [-0.3, -0.25) is 14.7 Å². The topological polar surface area (TPSA) is 78.9 Å². The van der Waals surface area contributed by atoms with Crippen LogP contribution in [0.15, 0.2) is 47.6 Å². The van der Waals surface area contributed by atoms with E-state index in [1.54, 1.807) is 6.20 Å². The lowest BCUT2D eigenvalue weighted by Crippen LogP contribution is -2.47. The first-order chi connectivity index (χ1) is 14.0. The van der Waals surface area contributed by atoms with Crippen molar-refractivity contribution >= 4 is 11.7 Å². The van der Waals surface area contributed by atoms with Gasteiger partial charge in [0, 0.05) is 38.7 Å². The monoisotopic (exact) mass is 393 g/mol. The van der Waals surface area contributed by atoms with Crippen LogP contribution in [0.5, 0.6) is 0 Å². The Kier molecular flexibility index (Phi) is 5.60. The Morgan fingerprint density at radius 1 is 1.21 bits per heavy atom. The molecule has 1 aromatic carbocycles. The Balaban J connectivity index is 1.26. The van der Waals surface area contributed by atoms with Crippen molar-refractivity contribution in [2.45, 2.75) is 39.0 Å². The Labute approximate surface area is 171 Å². The molecule has 0 atom stereocenters. The summed E-state index contributed by atoms with van der Waals surface area (Å²) in [6.45, 7) is 6.66. The van der Waals surface area contributed by atoms with Gasteiger partial charge in [-0.15, -0.1) is 0 Å². The third-order valence-corrected chi connectivity index (χ3v) is 5.63. The average Bonchev–Trinajstić information content (AvgIpc) is 3.15. The predicted octanol–water partition coefficient (Wildman–Crippen LogP) is 2.09. The summed E-state index contributed by atoms with van der Waals surface area (Å²) in [5.74, 6) is 0.715. The molecule has 1 amide bonds. The number of likely N-dealkylation sites (tertiary alicyclic amines) is 1. The highest BCUT2D eigenvalue weighted by Gasteiger charge is 2.40. The number of aryl methyl sites for hydroxylation is 2. The summed E-state index contributed by atoms with van der Waals surface area (Å²) < 4.78 is 0. The third kappa shape index (κ3) is 4.63. The van der Waals surface area contributed by atoms with Crippen molar-refractivity contribution in [3.63, 3.8) is 0 Å². The number of hydrogen-bond acceptors (Lipinski definition) is 6. The smallest absolute Gasteiger partial charge is 0.234 e. The Morgan fingerprint density at radius 2 is 2.03 bits per heavy atom. The van der Waals surface area contributed by atoms with Crippen LogP contribution < -0.4 is 10.8 Å². The lowest BCUT2D eigenvalue weighted by Gasteiger charge is -2.35. The van der Waals surface area contributed by atoms with E-state index in [-0.39, 0.29) is 5.91 Å². The van der Waals surface area contributed by atoms with Crippen molar-refractivity contribution in [3.05, 3.63) is 65.0 Å². The quantitative estimate of drug-likeness (QED) is 0.813.